The number of anilines is 3. The van der Waals surface area contributed by atoms with Gasteiger partial charge in [-0.2, -0.15) is 0 Å². The molecule has 2 amide bonds. The van der Waals surface area contributed by atoms with Crippen LogP contribution in [0, 0.1) is 18.2 Å². The quantitative estimate of drug-likeness (QED) is 0.301. The van der Waals surface area contributed by atoms with Crippen LogP contribution < -0.4 is 15.1 Å². The van der Waals surface area contributed by atoms with Crippen molar-refractivity contribution in [3.8, 4) is 10.6 Å². The van der Waals surface area contributed by atoms with Gasteiger partial charge in [-0.15, -0.1) is 11.3 Å². The monoisotopic (exact) mass is 627 g/mol. The molecule has 3 aliphatic rings. The average Bonchev–Trinajstić information content (AvgIpc) is 3.39. The highest BCUT2D eigenvalue weighted by molar-refractivity contribution is 7.17. The number of rotatable bonds is 5. The Labute approximate surface area is 262 Å². The first-order valence-electron chi connectivity index (χ1n) is 14.7. The molecule has 4 aromatic rings. The number of aromatic carboxylic acids is 1. The van der Waals surface area contributed by atoms with E-state index in [1.165, 1.54) is 11.0 Å². The third-order valence-corrected chi connectivity index (χ3v) is 9.93. The van der Waals surface area contributed by atoms with Gasteiger partial charge in [0.25, 0.3) is 11.8 Å². The van der Waals surface area contributed by atoms with Gasteiger partial charge in [0.05, 0.1) is 22.3 Å². The van der Waals surface area contributed by atoms with Crippen molar-refractivity contribution in [2.75, 3.05) is 48.0 Å². The Morgan fingerprint density at radius 2 is 1.80 bits per heavy atom. The molecule has 2 fully saturated rings. The molecule has 0 bridgehead atoms. The highest BCUT2D eigenvalue weighted by atomic mass is 32.1. The Morgan fingerprint density at radius 1 is 1.04 bits per heavy atom. The molecule has 0 unspecified atom stereocenters. The van der Waals surface area contributed by atoms with Crippen LogP contribution in [0.3, 0.4) is 0 Å². The van der Waals surface area contributed by atoms with Crippen LogP contribution in [-0.4, -0.2) is 65.7 Å². The van der Waals surface area contributed by atoms with Crippen molar-refractivity contribution in [3.63, 3.8) is 0 Å². The van der Waals surface area contributed by atoms with Crippen LogP contribution in [0.1, 0.15) is 54.4 Å². The van der Waals surface area contributed by atoms with E-state index in [0.29, 0.717) is 39.6 Å². The summed E-state index contributed by atoms with van der Waals surface area (Å²) in [4.78, 5) is 52.0. The standard InChI is InChI=1S/C33H30FN5O5S/c1-19-12-24(29(36-15-19)38-17-33(18-38)7-10-44-11-8-33)30(40)37-23-4-2-20(3-5-23)31(41)39-9-6-21-13-26(32(42)43)45-28(21)27-25(39)14-22(34)16-35-27/h2-5,12-16H,6-11,17-18H2,1H3,(H,37,40)(H,42,43). The van der Waals surface area contributed by atoms with E-state index in [1.54, 1.807) is 36.5 Å². The van der Waals surface area contributed by atoms with Crippen molar-refractivity contribution in [2.45, 2.75) is 26.2 Å². The average molecular weight is 628 g/mol. The zero-order valence-electron chi connectivity index (χ0n) is 24.5. The van der Waals surface area contributed by atoms with Gasteiger partial charge in [0.1, 0.15) is 22.2 Å². The fourth-order valence-electron chi connectivity index (χ4n) is 6.36. The second-order valence-electron chi connectivity index (χ2n) is 11.9. The van der Waals surface area contributed by atoms with Gasteiger partial charge in [-0.1, -0.05) is 0 Å². The summed E-state index contributed by atoms with van der Waals surface area (Å²) in [6.07, 6.45) is 5.24. The number of amides is 2. The topological polar surface area (TPSA) is 125 Å². The molecule has 0 aliphatic carbocycles. The lowest BCUT2D eigenvalue weighted by Crippen LogP contribution is -2.59. The molecule has 12 heteroatoms. The molecule has 0 radical (unpaired) electrons. The van der Waals surface area contributed by atoms with E-state index in [2.05, 4.69) is 20.2 Å². The van der Waals surface area contributed by atoms with Gasteiger partial charge in [0, 0.05) is 61.8 Å². The molecule has 1 spiro atoms. The summed E-state index contributed by atoms with van der Waals surface area (Å²) in [6.45, 7) is 5.33. The number of halogens is 1. The lowest BCUT2D eigenvalue weighted by Gasteiger charge is -2.53. The summed E-state index contributed by atoms with van der Waals surface area (Å²) in [5.74, 6) is -1.64. The first-order chi connectivity index (χ1) is 21.7. The predicted molar refractivity (Wildman–Crippen MR) is 168 cm³/mol. The molecule has 230 valence electrons. The lowest BCUT2D eigenvalue weighted by atomic mass is 9.73. The van der Waals surface area contributed by atoms with Crippen molar-refractivity contribution >= 4 is 46.3 Å². The number of nitrogens with one attached hydrogen (secondary N) is 1. The highest BCUT2D eigenvalue weighted by Crippen LogP contribution is 2.43. The molecule has 45 heavy (non-hydrogen) atoms. The van der Waals surface area contributed by atoms with Crippen LogP contribution in [0.4, 0.5) is 21.6 Å². The largest absolute Gasteiger partial charge is 0.477 e. The molecule has 3 aromatic heterocycles. The van der Waals surface area contributed by atoms with Crippen LogP contribution in [0.5, 0.6) is 0 Å². The van der Waals surface area contributed by atoms with Gasteiger partial charge in [-0.25, -0.2) is 14.2 Å². The number of nitrogens with zero attached hydrogens (tertiary/aromatic N) is 4. The van der Waals surface area contributed by atoms with Gasteiger partial charge < -0.3 is 25.0 Å². The number of fused-ring (bicyclic) bond motifs is 3. The van der Waals surface area contributed by atoms with Gasteiger partial charge >= 0.3 is 5.97 Å². The van der Waals surface area contributed by atoms with Crippen LogP contribution in [-0.2, 0) is 11.2 Å². The third kappa shape index (κ3) is 5.44. The second kappa shape index (κ2) is 11.4. The minimum atomic E-state index is -1.05. The van der Waals surface area contributed by atoms with Crippen molar-refractivity contribution in [3.05, 3.63) is 87.8 Å². The van der Waals surface area contributed by atoms with Gasteiger partial charge in [-0.05, 0) is 73.7 Å². The van der Waals surface area contributed by atoms with Crippen LogP contribution in [0.15, 0.2) is 54.9 Å². The van der Waals surface area contributed by atoms with Crippen LogP contribution >= 0.6 is 11.3 Å². The number of carbonyl (C=O) groups excluding carboxylic acids is 2. The molecule has 0 saturated carbocycles. The number of thiophene rings is 1. The summed E-state index contributed by atoms with van der Waals surface area (Å²) in [6, 6.07) is 11.2. The van der Waals surface area contributed by atoms with Crippen molar-refractivity contribution in [1.29, 1.82) is 0 Å². The van der Waals surface area contributed by atoms with Gasteiger partial charge in [0.15, 0.2) is 0 Å². The normalized spacial score (nSPS) is 16.8. The van der Waals surface area contributed by atoms with E-state index < -0.39 is 11.8 Å². The number of aromatic nitrogens is 2. The highest BCUT2D eigenvalue weighted by Gasteiger charge is 2.45. The number of hydrogen-bond donors (Lipinski definition) is 2. The maximum absolute atomic E-state index is 14.4. The summed E-state index contributed by atoms with van der Waals surface area (Å²) in [7, 11) is 0. The second-order valence-corrected chi connectivity index (χ2v) is 12.9. The lowest BCUT2D eigenvalue weighted by molar-refractivity contribution is -0.000512. The Balaban J connectivity index is 1.09. The zero-order valence-corrected chi connectivity index (χ0v) is 25.3. The molecule has 2 N–H and O–H groups in total. The van der Waals surface area contributed by atoms with E-state index in [0.717, 1.165) is 67.8 Å². The summed E-state index contributed by atoms with van der Waals surface area (Å²) >= 11 is 1.06. The molecule has 6 heterocycles. The molecule has 0 atom stereocenters. The zero-order chi connectivity index (χ0) is 31.3. The van der Waals surface area contributed by atoms with Crippen molar-refractivity contribution in [2.24, 2.45) is 5.41 Å². The molecule has 2 saturated heterocycles. The number of carboxylic acids is 1. The summed E-state index contributed by atoms with van der Waals surface area (Å²) in [5, 5.41) is 12.4. The maximum atomic E-state index is 14.4. The number of ether oxygens (including phenoxy) is 1. The number of pyridine rings is 2. The van der Waals surface area contributed by atoms with Gasteiger partial charge in [-0.3, -0.25) is 14.6 Å². The fourth-order valence-corrected chi connectivity index (χ4v) is 7.41. The Kier molecular flexibility index (Phi) is 7.33. The van der Waals surface area contributed by atoms with E-state index in [4.69, 9.17) is 4.74 Å². The number of benzene rings is 1. The number of carboxylic acid groups (broad SMARTS) is 1. The maximum Gasteiger partial charge on any atom is 0.345 e. The SMILES string of the molecule is Cc1cnc(N2CC3(CCOCC3)C2)c(C(=O)Nc2ccc(C(=O)N3CCc4cc(C(=O)O)sc4-c4ncc(F)cc43)cc2)c1. The molecule has 10 nitrogen and oxygen atoms in total. The molecular formula is C33H30FN5O5S. The molecule has 7 rings (SSSR count). The summed E-state index contributed by atoms with van der Waals surface area (Å²) in [5.41, 5.74) is 3.85. The Hall–Kier alpha value is -4.68. The smallest absolute Gasteiger partial charge is 0.345 e. The van der Waals surface area contributed by atoms with Crippen LogP contribution in [0.25, 0.3) is 10.6 Å². The number of hydrogen-bond acceptors (Lipinski definition) is 8. The minimum absolute atomic E-state index is 0.163. The van der Waals surface area contributed by atoms with E-state index in [9.17, 15) is 23.9 Å². The molecule has 1 aromatic carbocycles. The fraction of sp³-hybridized carbons (Fsp3) is 0.303. The Morgan fingerprint density at radius 3 is 2.53 bits per heavy atom. The number of carbonyl (C=O) groups is 3. The molecule has 3 aliphatic heterocycles. The van der Waals surface area contributed by atoms with E-state index in [1.807, 2.05) is 13.0 Å². The molecular weight excluding hydrogens is 597 g/mol. The van der Waals surface area contributed by atoms with Crippen molar-refractivity contribution in [1.82, 2.24) is 9.97 Å². The van der Waals surface area contributed by atoms with Gasteiger partial charge in [0.2, 0.25) is 0 Å². The Bertz CT molecular complexity index is 1830. The summed E-state index contributed by atoms with van der Waals surface area (Å²) < 4.78 is 19.9. The van der Waals surface area contributed by atoms with Crippen molar-refractivity contribution < 1.29 is 28.6 Å². The van der Waals surface area contributed by atoms with E-state index >= 15 is 0 Å². The van der Waals surface area contributed by atoms with Crippen LogP contribution in [0.2, 0.25) is 0 Å². The predicted octanol–water partition coefficient (Wildman–Crippen LogP) is 5.42. The first-order valence-corrected chi connectivity index (χ1v) is 15.6. The number of aryl methyl sites for hydroxylation is 1. The first kappa shape index (κ1) is 29.1. The minimum Gasteiger partial charge on any atom is -0.477 e. The third-order valence-electron chi connectivity index (χ3n) is 8.75. The van der Waals surface area contributed by atoms with E-state index in [-0.39, 0.29) is 34.3 Å².